The monoisotopic (exact) mass is 195 g/mol. The molecule has 0 spiro atoms. The number of rotatable bonds is 3. The Balaban J connectivity index is 3.13. The normalized spacial score (nSPS) is 12.5. The number of amides is 1. The Morgan fingerprint density at radius 2 is 2.14 bits per heavy atom. The Morgan fingerprint density at radius 3 is 2.64 bits per heavy atom. The zero-order chi connectivity index (χ0) is 10.7. The molecule has 0 bridgehead atoms. The van der Waals surface area contributed by atoms with Crippen molar-refractivity contribution in [3.05, 3.63) is 35.1 Å². The van der Waals surface area contributed by atoms with Gasteiger partial charge in [-0.15, -0.1) is 0 Å². The Bertz CT molecular complexity index is 349. The molecule has 1 aromatic carbocycles. The predicted octanol–water partition coefficient (Wildman–Crippen LogP) is 2.44. The maximum atomic E-state index is 13.1. The summed E-state index contributed by atoms with van der Waals surface area (Å²) >= 11 is 0. The molecule has 3 heteroatoms. The van der Waals surface area contributed by atoms with Crippen molar-refractivity contribution in [2.24, 2.45) is 5.73 Å². The third kappa shape index (κ3) is 2.31. The lowest BCUT2D eigenvalue weighted by Crippen LogP contribution is -2.12. The Hall–Kier alpha value is -1.38. The Kier molecular flexibility index (Phi) is 3.23. The van der Waals surface area contributed by atoms with Gasteiger partial charge in [0.15, 0.2) is 0 Å². The summed E-state index contributed by atoms with van der Waals surface area (Å²) < 4.78 is 13.1. The lowest BCUT2D eigenvalue weighted by Gasteiger charge is -2.09. The first-order valence-electron chi connectivity index (χ1n) is 4.65. The third-order valence-corrected chi connectivity index (χ3v) is 2.39. The van der Waals surface area contributed by atoms with Gasteiger partial charge < -0.3 is 5.73 Å². The van der Waals surface area contributed by atoms with E-state index in [1.165, 1.54) is 6.07 Å². The summed E-state index contributed by atoms with van der Waals surface area (Å²) in [6, 6.07) is 4.26. The van der Waals surface area contributed by atoms with Crippen LogP contribution in [0.1, 0.15) is 42.1 Å². The van der Waals surface area contributed by atoms with Crippen LogP contribution in [0.15, 0.2) is 18.2 Å². The summed E-state index contributed by atoms with van der Waals surface area (Å²) in [6.45, 7) is 4.00. The van der Waals surface area contributed by atoms with Gasteiger partial charge in [-0.05, 0) is 36.1 Å². The van der Waals surface area contributed by atoms with Gasteiger partial charge >= 0.3 is 0 Å². The van der Waals surface area contributed by atoms with Crippen molar-refractivity contribution in [2.45, 2.75) is 26.2 Å². The molecule has 0 heterocycles. The van der Waals surface area contributed by atoms with E-state index in [1.807, 2.05) is 13.8 Å². The largest absolute Gasteiger partial charge is 0.366 e. The van der Waals surface area contributed by atoms with Gasteiger partial charge in [-0.2, -0.15) is 0 Å². The topological polar surface area (TPSA) is 43.1 Å². The minimum absolute atomic E-state index is 0.236. The van der Waals surface area contributed by atoms with Crippen molar-refractivity contribution in [3.8, 4) is 0 Å². The molecule has 1 unspecified atom stereocenters. The summed E-state index contributed by atoms with van der Waals surface area (Å²) in [5, 5.41) is 0. The van der Waals surface area contributed by atoms with Crippen LogP contribution in [0.5, 0.6) is 0 Å². The van der Waals surface area contributed by atoms with Crippen molar-refractivity contribution in [2.75, 3.05) is 0 Å². The van der Waals surface area contributed by atoms with E-state index in [4.69, 9.17) is 5.73 Å². The van der Waals surface area contributed by atoms with Gasteiger partial charge in [0, 0.05) is 5.56 Å². The number of carbonyl (C=O) groups excluding carboxylic acids is 1. The number of hydrogen-bond donors (Lipinski definition) is 1. The second-order valence-corrected chi connectivity index (χ2v) is 3.45. The third-order valence-electron chi connectivity index (χ3n) is 2.39. The number of nitrogens with two attached hydrogens (primary N) is 1. The van der Waals surface area contributed by atoms with Crippen molar-refractivity contribution in [3.63, 3.8) is 0 Å². The van der Waals surface area contributed by atoms with E-state index in [9.17, 15) is 9.18 Å². The highest BCUT2D eigenvalue weighted by molar-refractivity contribution is 5.92. The molecule has 1 rings (SSSR count). The minimum atomic E-state index is -0.589. The quantitative estimate of drug-likeness (QED) is 0.790. The maximum absolute atomic E-state index is 13.1. The molecule has 2 N–H and O–H groups in total. The predicted molar refractivity (Wildman–Crippen MR) is 53.6 cm³/mol. The number of hydrogen-bond acceptors (Lipinski definition) is 1. The van der Waals surface area contributed by atoms with Gasteiger partial charge in [-0.25, -0.2) is 4.39 Å². The van der Waals surface area contributed by atoms with Crippen LogP contribution in [-0.4, -0.2) is 5.91 Å². The van der Waals surface area contributed by atoms with Crippen molar-refractivity contribution >= 4 is 5.91 Å². The molecule has 0 aliphatic heterocycles. The van der Waals surface area contributed by atoms with Gasteiger partial charge in [0.1, 0.15) is 5.82 Å². The summed E-state index contributed by atoms with van der Waals surface area (Å²) in [6.07, 6.45) is 0.904. The van der Waals surface area contributed by atoms with Crippen LogP contribution in [0.2, 0.25) is 0 Å². The van der Waals surface area contributed by atoms with E-state index in [-0.39, 0.29) is 11.5 Å². The van der Waals surface area contributed by atoms with Crippen LogP contribution in [0.4, 0.5) is 4.39 Å². The fraction of sp³-hybridized carbons (Fsp3) is 0.364. The van der Waals surface area contributed by atoms with E-state index in [0.717, 1.165) is 18.1 Å². The van der Waals surface area contributed by atoms with E-state index >= 15 is 0 Å². The highest BCUT2D eigenvalue weighted by atomic mass is 19.1. The lowest BCUT2D eigenvalue weighted by atomic mass is 9.96. The molecule has 0 radical (unpaired) electrons. The van der Waals surface area contributed by atoms with Gasteiger partial charge in [-0.3, -0.25) is 4.79 Å². The maximum Gasteiger partial charge on any atom is 0.248 e. The molecule has 76 valence electrons. The van der Waals surface area contributed by atoms with Gasteiger partial charge in [0.25, 0.3) is 0 Å². The van der Waals surface area contributed by atoms with Crippen molar-refractivity contribution in [1.82, 2.24) is 0 Å². The standard InChI is InChI=1S/C11H14FNO/c1-3-7(2)8-4-9(11(13)14)6-10(12)5-8/h4-7H,3H2,1-2H3,(H2,13,14). The Labute approximate surface area is 82.9 Å². The minimum Gasteiger partial charge on any atom is -0.366 e. The smallest absolute Gasteiger partial charge is 0.248 e. The van der Waals surface area contributed by atoms with Crippen LogP contribution < -0.4 is 5.73 Å². The molecular weight excluding hydrogens is 181 g/mol. The SMILES string of the molecule is CCC(C)c1cc(F)cc(C(N)=O)c1. The zero-order valence-corrected chi connectivity index (χ0v) is 8.38. The fourth-order valence-corrected chi connectivity index (χ4v) is 1.27. The highest BCUT2D eigenvalue weighted by Crippen LogP contribution is 2.20. The molecule has 0 fully saturated rings. The number of carbonyl (C=O) groups is 1. The first-order chi connectivity index (χ1) is 6.54. The second kappa shape index (κ2) is 4.22. The molecule has 0 aliphatic carbocycles. The van der Waals surface area contributed by atoms with E-state index in [1.54, 1.807) is 6.07 Å². The van der Waals surface area contributed by atoms with Crippen molar-refractivity contribution in [1.29, 1.82) is 0 Å². The molecule has 0 aromatic heterocycles. The summed E-state index contributed by atoms with van der Waals surface area (Å²) in [5.41, 5.74) is 6.14. The van der Waals surface area contributed by atoms with E-state index < -0.39 is 11.7 Å². The molecule has 0 saturated carbocycles. The molecule has 1 aromatic rings. The van der Waals surface area contributed by atoms with Gasteiger partial charge in [0.2, 0.25) is 5.91 Å². The lowest BCUT2D eigenvalue weighted by molar-refractivity contribution is 0.0999. The average molecular weight is 195 g/mol. The van der Waals surface area contributed by atoms with E-state index in [2.05, 4.69) is 0 Å². The van der Waals surface area contributed by atoms with Gasteiger partial charge in [-0.1, -0.05) is 13.8 Å². The molecule has 1 atom stereocenters. The molecule has 0 aliphatic rings. The highest BCUT2D eigenvalue weighted by Gasteiger charge is 2.09. The zero-order valence-electron chi connectivity index (χ0n) is 8.38. The molecule has 0 saturated heterocycles. The first-order valence-corrected chi connectivity index (χ1v) is 4.65. The molecule has 2 nitrogen and oxygen atoms in total. The van der Waals surface area contributed by atoms with Crippen LogP contribution in [0.25, 0.3) is 0 Å². The summed E-state index contributed by atoms with van der Waals surface area (Å²) in [7, 11) is 0. The van der Waals surface area contributed by atoms with Crippen molar-refractivity contribution < 1.29 is 9.18 Å². The average Bonchev–Trinajstić information content (AvgIpc) is 2.15. The van der Waals surface area contributed by atoms with E-state index in [0.29, 0.717) is 0 Å². The van der Waals surface area contributed by atoms with Crippen LogP contribution in [0.3, 0.4) is 0 Å². The molecule has 14 heavy (non-hydrogen) atoms. The number of benzene rings is 1. The molecular formula is C11H14FNO. The second-order valence-electron chi connectivity index (χ2n) is 3.45. The van der Waals surface area contributed by atoms with Crippen LogP contribution in [0, 0.1) is 5.82 Å². The van der Waals surface area contributed by atoms with Crippen LogP contribution in [-0.2, 0) is 0 Å². The Morgan fingerprint density at radius 1 is 1.50 bits per heavy atom. The van der Waals surface area contributed by atoms with Gasteiger partial charge in [0.05, 0.1) is 0 Å². The number of halogens is 1. The number of primary amides is 1. The molecule has 1 amide bonds. The summed E-state index contributed by atoms with van der Waals surface area (Å²) in [4.78, 5) is 10.9. The van der Waals surface area contributed by atoms with Crippen LogP contribution >= 0.6 is 0 Å². The fourth-order valence-electron chi connectivity index (χ4n) is 1.27. The summed E-state index contributed by atoms with van der Waals surface area (Å²) in [5.74, 6) is -0.755. The first kappa shape index (κ1) is 10.7.